The number of hydrogen-bond acceptors (Lipinski definition) is 1. The van der Waals surface area contributed by atoms with E-state index in [1.807, 2.05) is 0 Å². The van der Waals surface area contributed by atoms with Crippen LogP contribution >= 0.6 is 15.9 Å². The molecule has 1 heterocycles. The quantitative estimate of drug-likeness (QED) is 0.762. The number of hydrogen-bond donors (Lipinski definition) is 0. The summed E-state index contributed by atoms with van der Waals surface area (Å²) in [7, 11) is 0. The van der Waals surface area contributed by atoms with Gasteiger partial charge >= 0.3 is 0 Å². The van der Waals surface area contributed by atoms with Gasteiger partial charge in [0.15, 0.2) is 0 Å². The minimum atomic E-state index is -3.59. The lowest BCUT2D eigenvalue weighted by molar-refractivity contribution is 0.518. The average Bonchev–Trinajstić information content (AvgIpc) is 2.66. The van der Waals surface area contributed by atoms with Crippen LogP contribution in [0.15, 0.2) is 10.8 Å². The fourth-order valence-corrected chi connectivity index (χ4v) is 0.955. The van der Waals surface area contributed by atoms with Crippen molar-refractivity contribution in [3.05, 3.63) is 16.6 Å². The summed E-state index contributed by atoms with van der Waals surface area (Å²) in [6, 6.07) is -3.44. The van der Waals surface area contributed by atoms with Crippen LogP contribution in [0.4, 0.5) is 0 Å². The van der Waals surface area contributed by atoms with E-state index in [9.17, 15) is 0 Å². The number of imidazole rings is 1. The van der Waals surface area contributed by atoms with Crippen molar-refractivity contribution in [3.63, 3.8) is 0 Å². The summed E-state index contributed by atoms with van der Waals surface area (Å²) in [4.78, 5) is 3.55. The molecule has 0 aliphatic rings. The zero-order valence-corrected chi connectivity index (χ0v) is 6.94. The third-order valence-electron chi connectivity index (χ3n) is 1.04. The van der Waals surface area contributed by atoms with Gasteiger partial charge in [0.05, 0.1) is 1.37 Å². The van der Waals surface area contributed by atoms with Crippen molar-refractivity contribution in [1.29, 1.82) is 0 Å². The van der Waals surface area contributed by atoms with E-state index in [4.69, 9.17) is 16.4 Å². The van der Waals surface area contributed by atoms with Gasteiger partial charge in [-0.25, -0.2) is 4.98 Å². The fraction of sp³-hybridized carbons (Fsp3) is 0.625. The van der Waals surface area contributed by atoms with Gasteiger partial charge in [-0.2, -0.15) is 0 Å². The van der Waals surface area contributed by atoms with E-state index in [0.29, 0.717) is 0 Å². The smallest absolute Gasteiger partial charge is 0.124 e. The zero-order chi connectivity index (χ0) is 18.6. The summed E-state index contributed by atoms with van der Waals surface area (Å²) in [5.41, 5.74) is 0. The molecule has 3 heteroatoms. The van der Waals surface area contributed by atoms with Crippen LogP contribution < -0.4 is 0 Å². The number of nitrogens with zero attached hydrogens (tertiary/aromatic N) is 2. The van der Waals surface area contributed by atoms with Crippen molar-refractivity contribution < 1.29 is 16.4 Å². The Morgan fingerprint density at radius 2 is 3.00 bits per heavy atom. The van der Waals surface area contributed by atoms with E-state index in [1.54, 1.807) is 0 Å². The first-order valence-corrected chi connectivity index (χ1v) is 3.42. The molecule has 0 N–H and O–H groups in total. The largest absolute Gasteiger partial charge is 0.331 e. The lowest BCUT2D eigenvalue weighted by Crippen LogP contribution is -2.03. The molecular formula is C8H13BrN2. The monoisotopic (exact) mass is 228 g/mol. The van der Waals surface area contributed by atoms with Crippen molar-refractivity contribution >= 4 is 15.9 Å². The van der Waals surface area contributed by atoms with Gasteiger partial charge in [-0.15, -0.1) is 0 Å². The van der Waals surface area contributed by atoms with E-state index in [2.05, 4.69) is 20.9 Å². The van der Waals surface area contributed by atoms with Crippen LogP contribution in [0.2, 0.25) is 0 Å². The van der Waals surface area contributed by atoms with Crippen molar-refractivity contribution in [1.82, 2.24) is 9.55 Å². The molecule has 1 aromatic heterocycles. The normalized spacial score (nSPS) is 37.2. The maximum absolute atomic E-state index is 8.16. The zero-order valence-electron chi connectivity index (χ0n) is 17.3. The topological polar surface area (TPSA) is 17.8 Å². The predicted molar refractivity (Wildman–Crippen MR) is 49.7 cm³/mol. The van der Waals surface area contributed by atoms with Gasteiger partial charge in [0.1, 0.15) is 10.4 Å². The number of halogens is 1. The lowest BCUT2D eigenvalue weighted by atomic mass is 10.2. The Morgan fingerprint density at radius 1 is 2.09 bits per heavy atom. The van der Waals surface area contributed by atoms with Gasteiger partial charge < -0.3 is 4.57 Å². The molecule has 0 aliphatic carbocycles. The van der Waals surface area contributed by atoms with E-state index in [0.717, 1.165) is 6.20 Å². The molecule has 0 spiro atoms. The van der Waals surface area contributed by atoms with Crippen molar-refractivity contribution in [2.24, 2.45) is 0 Å². The number of rotatable bonds is 2. The third-order valence-corrected chi connectivity index (χ3v) is 1.42. The summed E-state index contributed by atoms with van der Waals surface area (Å²) in [6.45, 7) is -9.97. The highest BCUT2D eigenvalue weighted by Crippen LogP contribution is 2.16. The minimum Gasteiger partial charge on any atom is -0.331 e. The van der Waals surface area contributed by atoms with Gasteiger partial charge in [-0.3, -0.25) is 0 Å². The molecule has 0 saturated heterocycles. The predicted octanol–water partition coefficient (Wildman–Crippen LogP) is 2.93. The van der Waals surface area contributed by atoms with E-state index >= 15 is 0 Å². The SMILES string of the molecule is [2H]C([2H])([2H])c1nc(Br)cn1C([2H])(C([2H])([2H])[2H])C([2H])([2H])C([2H])([2H])[2H]. The second-order valence-electron chi connectivity index (χ2n) is 1.73. The number of aromatic nitrogens is 2. The molecular weight excluding hydrogens is 204 g/mol. The third kappa shape index (κ3) is 1.83. The van der Waals surface area contributed by atoms with Gasteiger partial charge in [-0.1, -0.05) is 6.85 Å². The minimum absolute atomic E-state index is 0.161. The van der Waals surface area contributed by atoms with Gasteiger partial charge in [0, 0.05) is 27.3 Å². The Bertz CT molecular complexity index is 581. The molecule has 0 amide bonds. The molecule has 0 aromatic carbocycles. The fourth-order valence-electron chi connectivity index (χ4n) is 0.582. The van der Waals surface area contributed by atoms with Crippen LogP contribution in [0.1, 0.15) is 48.4 Å². The van der Waals surface area contributed by atoms with Gasteiger partial charge in [-0.05, 0) is 36.0 Å². The number of aryl methyl sites for hydroxylation is 1. The first kappa shape index (κ1) is 1.95. The first-order chi connectivity index (χ1) is 9.87. The molecule has 0 aliphatic heterocycles. The summed E-state index contributed by atoms with van der Waals surface area (Å²) in [5, 5.41) is 0. The lowest BCUT2D eigenvalue weighted by Gasteiger charge is -2.11. The van der Waals surface area contributed by atoms with Crippen LogP contribution in [0.3, 0.4) is 0 Å². The van der Waals surface area contributed by atoms with Gasteiger partial charge in [0.2, 0.25) is 0 Å². The van der Waals surface area contributed by atoms with Crippen LogP contribution in [-0.4, -0.2) is 9.55 Å². The molecule has 11 heavy (non-hydrogen) atoms. The van der Waals surface area contributed by atoms with Gasteiger partial charge in [0.25, 0.3) is 0 Å². The highest BCUT2D eigenvalue weighted by molar-refractivity contribution is 9.10. The van der Waals surface area contributed by atoms with Crippen LogP contribution in [-0.2, 0) is 0 Å². The second-order valence-corrected chi connectivity index (χ2v) is 2.54. The van der Waals surface area contributed by atoms with Crippen LogP contribution in [0.5, 0.6) is 0 Å². The first-order valence-electron chi connectivity index (χ1n) is 8.63. The molecule has 2 nitrogen and oxygen atoms in total. The van der Waals surface area contributed by atoms with E-state index in [-0.39, 0.29) is 9.17 Å². The van der Waals surface area contributed by atoms with Crippen LogP contribution in [0.25, 0.3) is 0 Å². The summed E-state index contributed by atoms with van der Waals surface area (Å²) in [6.07, 6.45) is -2.81. The second kappa shape index (κ2) is 3.39. The molecule has 0 saturated carbocycles. The highest BCUT2D eigenvalue weighted by atomic mass is 79.9. The summed E-state index contributed by atoms with van der Waals surface area (Å²) >= 11 is 2.84. The Morgan fingerprint density at radius 3 is 3.64 bits per heavy atom. The van der Waals surface area contributed by atoms with Crippen molar-refractivity contribution in [2.45, 2.75) is 32.9 Å². The van der Waals surface area contributed by atoms with Crippen LogP contribution in [0, 0.1) is 6.85 Å². The summed E-state index contributed by atoms with van der Waals surface area (Å²) in [5.74, 6) is -0.899. The molecule has 1 atom stereocenters. The van der Waals surface area contributed by atoms with Crippen molar-refractivity contribution in [3.8, 4) is 0 Å². The van der Waals surface area contributed by atoms with Crippen molar-refractivity contribution in [2.75, 3.05) is 0 Å². The average molecular weight is 229 g/mol. The van der Waals surface area contributed by atoms with E-state index < -0.39 is 38.8 Å². The Hall–Kier alpha value is -0.310. The molecule has 0 radical (unpaired) electrons. The Kier molecular flexibility index (Phi) is 0.601. The summed E-state index contributed by atoms with van der Waals surface area (Å²) < 4.78 is 90.1. The molecule has 0 fully saturated rings. The molecule has 0 bridgehead atoms. The van der Waals surface area contributed by atoms with E-state index in [1.165, 1.54) is 0 Å². The highest BCUT2D eigenvalue weighted by Gasteiger charge is 2.06. The Labute approximate surface area is 92.6 Å². The molecule has 1 rings (SSSR count). The maximum Gasteiger partial charge on any atom is 0.124 e. The standard InChI is InChI=1S/C8H13BrN2/c1-4-6(2)11-5-8(9)10-7(11)3/h5-6H,4H2,1-3H3/i1D3,2D3,3D3,4D2,6D. The molecule has 1 unspecified atom stereocenters. The molecule has 1 aromatic rings. The maximum atomic E-state index is 8.16. The molecule has 62 valence electrons. The Balaban J connectivity index is 3.85.